The molecule has 0 atom stereocenters. The zero-order valence-electron chi connectivity index (χ0n) is 9.44. The number of halogens is 2. The maximum atomic E-state index is 13.4. The second-order valence-corrected chi connectivity index (χ2v) is 4.53. The highest BCUT2D eigenvalue weighted by atomic mass is 35.5. The van der Waals surface area contributed by atoms with E-state index in [9.17, 15) is 4.39 Å². The van der Waals surface area contributed by atoms with Crippen molar-refractivity contribution >= 4 is 11.8 Å². The van der Waals surface area contributed by atoms with Crippen molar-refractivity contribution < 1.29 is 21.4 Å². The van der Waals surface area contributed by atoms with Crippen LogP contribution in [0.5, 0.6) is 0 Å². The number of rotatable bonds is 3. The molecular formula is C13H13ClFNS. The highest BCUT2D eigenvalue weighted by Crippen LogP contribution is 2.20. The normalized spacial score (nSPS) is 9.76. The molecule has 4 heteroatoms. The summed E-state index contributed by atoms with van der Waals surface area (Å²) in [6.45, 7) is 0. The van der Waals surface area contributed by atoms with Crippen molar-refractivity contribution in [2.45, 2.75) is 10.8 Å². The summed E-state index contributed by atoms with van der Waals surface area (Å²) in [4.78, 5) is 0. The summed E-state index contributed by atoms with van der Waals surface area (Å²) in [7, 11) is 1.99. The van der Waals surface area contributed by atoms with E-state index in [1.807, 2.05) is 48.1 Å². The number of hydrogen-bond acceptors (Lipinski definition) is 1. The first kappa shape index (κ1) is 14.0. The van der Waals surface area contributed by atoms with Crippen LogP contribution >= 0.6 is 11.8 Å². The molecule has 0 saturated heterocycles. The van der Waals surface area contributed by atoms with Gasteiger partial charge >= 0.3 is 0 Å². The van der Waals surface area contributed by atoms with Crippen LogP contribution in [-0.4, -0.2) is 0 Å². The zero-order valence-corrected chi connectivity index (χ0v) is 11.0. The molecule has 0 saturated carbocycles. The van der Waals surface area contributed by atoms with Gasteiger partial charge in [-0.1, -0.05) is 30.0 Å². The molecule has 0 N–H and O–H groups in total. The second-order valence-electron chi connectivity index (χ2n) is 3.53. The van der Waals surface area contributed by atoms with E-state index in [0.717, 1.165) is 10.6 Å². The minimum Gasteiger partial charge on any atom is -1.00 e. The lowest BCUT2D eigenvalue weighted by Gasteiger charge is -2.01. The third-order valence-electron chi connectivity index (χ3n) is 2.34. The minimum atomic E-state index is -0.131. The average molecular weight is 270 g/mol. The SMILES string of the molecule is C[n+]1ccccc1SCc1ccccc1F.[Cl-]. The van der Waals surface area contributed by atoms with E-state index in [0.29, 0.717) is 5.75 Å². The van der Waals surface area contributed by atoms with Crippen LogP contribution in [0.15, 0.2) is 53.7 Å². The lowest BCUT2D eigenvalue weighted by atomic mass is 10.2. The van der Waals surface area contributed by atoms with E-state index in [1.54, 1.807) is 17.8 Å². The fourth-order valence-electron chi connectivity index (χ4n) is 1.42. The topological polar surface area (TPSA) is 3.88 Å². The van der Waals surface area contributed by atoms with E-state index in [-0.39, 0.29) is 18.2 Å². The Morgan fingerprint density at radius 2 is 1.82 bits per heavy atom. The molecule has 0 spiro atoms. The Balaban J connectivity index is 0.00000144. The third-order valence-corrected chi connectivity index (χ3v) is 3.52. The van der Waals surface area contributed by atoms with Crippen LogP contribution in [0.1, 0.15) is 5.56 Å². The Labute approximate surface area is 111 Å². The van der Waals surface area contributed by atoms with Gasteiger partial charge in [0.15, 0.2) is 6.20 Å². The molecule has 0 bridgehead atoms. The first-order valence-electron chi connectivity index (χ1n) is 5.08. The Hall–Kier alpha value is -1.06. The fraction of sp³-hybridized carbons (Fsp3) is 0.154. The van der Waals surface area contributed by atoms with Crippen LogP contribution in [-0.2, 0) is 12.8 Å². The van der Waals surface area contributed by atoms with Gasteiger partial charge in [-0.05, 0) is 17.7 Å². The average Bonchev–Trinajstić information content (AvgIpc) is 2.30. The summed E-state index contributed by atoms with van der Waals surface area (Å²) in [5.41, 5.74) is 0.747. The monoisotopic (exact) mass is 269 g/mol. The number of pyridine rings is 1. The standard InChI is InChI=1S/C13H13FNS.ClH/c1-15-9-5-4-8-13(15)16-10-11-6-2-3-7-12(11)14;/h2-9H,10H2,1H3;1H/q+1;/p-1. The van der Waals surface area contributed by atoms with Gasteiger partial charge in [-0.15, -0.1) is 0 Å². The quantitative estimate of drug-likeness (QED) is 0.558. The van der Waals surface area contributed by atoms with Crippen LogP contribution in [0, 0.1) is 5.82 Å². The van der Waals surface area contributed by atoms with E-state index < -0.39 is 0 Å². The molecule has 0 radical (unpaired) electrons. The van der Waals surface area contributed by atoms with Crippen LogP contribution < -0.4 is 17.0 Å². The first-order valence-corrected chi connectivity index (χ1v) is 6.07. The molecule has 1 nitrogen and oxygen atoms in total. The van der Waals surface area contributed by atoms with Crippen LogP contribution in [0.25, 0.3) is 0 Å². The van der Waals surface area contributed by atoms with Crippen LogP contribution in [0.2, 0.25) is 0 Å². The summed E-state index contributed by atoms with van der Waals surface area (Å²) < 4.78 is 15.4. The van der Waals surface area contributed by atoms with Gasteiger partial charge in [0.1, 0.15) is 12.9 Å². The summed E-state index contributed by atoms with van der Waals surface area (Å²) in [6.07, 6.45) is 1.99. The second kappa shape index (κ2) is 6.62. The predicted molar refractivity (Wildman–Crippen MR) is 63.6 cm³/mol. The van der Waals surface area contributed by atoms with Crippen molar-refractivity contribution in [2.75, 3.05) is 0 Å². The molecule has 1 heterocycles. The summed E-state index contributed by atoms with van der Waals surface area (Å²) in [5.74, 6) is 0.526. The van der Waals surface area contributed by atoms with Crippen molar-refractivity contribution in [3.63, 3.8) is 0 Å². The lowest BCUT2D eigenvalue weighted by Crippen LogP contribution is -3.00. The molecule has 17 heavy (non-hydrogen) atoms. The third kappa shape index (κ3) is 3.72. The molecule has 1 aromatic carbocycles. The molecule has 90 valence electrons. The molecule has 0 unspecified atom stereocenters. The van der Waals surface area contributed by atoms with Gasteiger partial charge in [0, 0.05) is 17.9 Å². The number of benzene rings is 1. The summed E-state index contributed by atoms with van der Waals surface area (Å²) >= 11 is 1.64. The van der Waals surface area contributed by atoms with Gasteiger partial charge in [-0.25, -0.2) is 4.39 Å². The van der Waals surface area contributed by atoms with Crippen LogP contribution in [0.3, 0.4) is 0 Å². The van der Waals surface area contributed by atoms with Crippen molar-refractivity contribution in [1.82, 2.24) is 0 Å². The van der Waals surface area contributed by atoms with E-state index >= 15 is 0 Å². The highest BCUT2D eigenvalue weighted by molar-refractivity contribution is 7.98. The molecule has 0 aliphatic rings. The number of aryl methyl sites for hydroxylation is 1. The lowest BCUT2D eigenvalue weighted by molar-refractivity contribution is -0.708. The maximum absolute atomic E-state index is 13.4. The maximum Gasteiger partial charge on any atom is 0.240 e. The molecule has 2 rings (SSSR count). The fourth-order valence-corrected chi connectivity index (χ4v) is 2.40. The smallest absolute Gasteiger partial charge is 0.240 e. The molecule has 0 fully saturated rings. The highest BCUT2D eigenvalue weighted by Gasteiger charge is 2.07. The molecular weight excluding hydrogens is 257 g/mol. The summed E-state index contributed by atoms with van der Waals surface area (Å²) in [5, 5.41) is 1.13. The largest absolute Gasteiger partial charge is 1.00 e. The van der Waals surface area contributed by atoms with Crippen molar-refractivity contribution in [3.05, 3.63) is 60.0 Å². The van der Waals surface area contributed by atoms with Gasteiger partial charge in [-0.3, -0.25) is 0 Å². The van der Waals surface area contributed by atoms with Gasteiger partial charge in [-0.2, -0.15) is 4.57 Å². The Morgan fingerprint density at radius 3 is 2.53 bits per heavy atom. The number of nitrogens with zero attached hydrogens (tertiary/aromatic N) is 1. The Bertz CT molecular complexity index is 445. The molecule has 1 aromatic heterocycles. The Kier molecular flexibility index (Phi) is 5.45. The minimum absolute atomic E-state index is 0. The van der Waals surface area contributed by atoms with Gasteiger partial charge in [0.2, 0.25) is 5.03 Å². The van der Waals surface area contributed by atoms with E-state index in [4.69, 9.17) is 0 Å². The van der Waals surface area contributed by atoms with Crippen LogP contribution in [0.4, 0.5) is 4.39 Å². The molecule has 0 amide bonds. The molecule has 2 aromatic rings. The molecule has 0 aliphatic heterocycles. The molecule has 0 aliphatic carbocycles. The number of aromatic nitrogens is 1. The van der Waals surface area contributed by atoms with E-state index in [1.165, 1.54) is 6.07 Å². The number of hydrogen-bond donors (Lipinski definition) is 0. The van der Waals surface area contributed by atoms with E-state index in [2.05, 4.69) is 0 Å². The van der Waals surface area contributed by atoms with Gasteiger partial charge < -0.3 is 12.4 Å². The van der Waals surface area contributed by atoms with Crippen molar-refractivity contribution in [3.8, 4) is 0 Å². The number of thioether (sulfide) groups is 1. The van der Waals surface area contributed by atoms with Crippen molar-refractivity contribution in [1.29, 1.82) is 0 Å². The van der Waals surface area contributed by atoms with Gasteiger partial charge in [0.25, 0.3) is 0 Å². The summed E-state index contributed by atoms with van der Waals surface area (Å²) in [6, 6.07) is 12.9. The predicted octanol–water partition coefficient (Wildman–Crippen LogP) is -0.0535. The van der Waals surface area contributed by atoms with Crippen molar-refractivity contribution in [2.24, 2.45) is 7.05 Å². The Morgan fingerprint density at radius 1 is 1.12 bits per heavy atom. The zero-order chi connectivity index (χ0) is 11.4. The first-order chi connectivity index (χ1) is 7.77. The van der Waals surface area contributed by atoms with Gasteiger partial charge in [0.05, 0.1) is 0 Å².